The predicted octanol–water partition coefficient (Wildman–Crippen LogP) is 2.48. The lowest BCUT2D eigenvalue weighted by atomic mass is 9.82. The average Bonchev–Trinajstić information content (AvgIpc) is 2.12. The van der Waals surface area contributed by atoms with Gasteiger partial charge in [0.15, 0.2) is 0 Å². The summed E-state index contributed by atoms with van der Waals surface area (Å²) in [6, 6.07) is 0.516. The largest absolute Gasteiger partial charge is 0.353 e. The molecule has 2 aliphatic carbocycles. The van der Waals surface area contributed by atoms with E-state index in [1.54, 1.807) is 0 Å². The molecule has 0 atom stereocenters. The molecule has 0 radical (unpaired) electrons. The summed E-state index contributed by atoms with van der Waals surface area (Å²) in [6.45, 7) is 2.29. The van der Waals surface area contributed by atoms with Gasteiger partial charge >= 0.3 is 0 Å². The first kappa shape index (κ1) is 10.0. The lowest BCUT2D eigenvalue weighted by Gasteiger charge is -2.31. The SMILES string of the molecule is CC1CCC(C(=O)NC2CCC2)CC1. The molecule has 1 N–H and O–H groups in total. The zero-order valence-corrected chi connectivity index (χ0v) is 9.09. The Kier molecular flexibility index (Phi) is 3.09. The van der Waals surface area contributed by atoms with Crippen LogP contribution in [-0.4, -0.2) is 11.9 Å². The molecule has 2 aliphatic rings. The molecule has 80 valence electrons. The van der Waals surface area contributed by atoms with Crippen molar-refractivity contribution in [2.75, 3.05) is 0 Å². The molecule has 0 aliphatic heterocycles. The van der Waals surface area contributed by atoms with Crippen molar-refractivity contribution >= 4 is 5.91 Å². The summed E-state index contributed by atoms with van der Waals surface area (Å²) in [7, 11) is 0. The second-order valence-electron chi connectivity index (χ2n) is 5.09. The van der Waals surface area contributed by atoms with Gasteiger partial charge in [0, 0.05) is 12.0 Å². The second-order valence-corrected chi connectivity index (χ2v) is 5.09. The van der Waals surface area contributed by atoms with Crippen LogP contribution in [0.15, 0.2) is 0 Å². The lowest BCUT2D eigenvalue weighted by molar-refractivity contribution is -0.127. The lowest BCUT2D eigenvalue weighted by Crippen LogP contribution is -2.43. The van der Waals surface area contributed by atoms with Gasteiger partial charge in [0.05, 0.1) is 0 Å². The molecule has 0 bridgehead atoms. The van der Waals surface area contributed by atoms with Gasteiger partial charge in [-0.15, -0.1) is 0 Å². The maximum absolute atomic E-state index is 11.8. The van der Waals surface area contributed by atoms with Crippen LogP contribution in [-0.2, 0) is 4.79 Å². The first-order chi connectivity index (χ1) is 6.75. The van der Waals surface area contributed by atoms with E-state index in [2.05, 4.69) is 12.2 Å². The van der Waals surface area contributed by atoms with Gasteiger partial charge in [0.2, 0.25) is 5.91 Å². The summed E-state index contributed by atoms with van der Waals surface area (Å²) in [6.07, 6.45) is 8.40. The third-order valence-electron chi connectivity index (χ3n) is 3.84. The fourth-order valence-electron chi connectivity index (χ4n) is 2.39. The molecule has 0 saturated heterocycles. The Hall–Kier alpha value is -0.530. The van der Waals surface area contributed by atoms with Crippen LogP contribution in [0.5, 0.6) is 0 Å². The molecule has 2 rings (SSSR count). The highest BCUT2D eigenvalue weighted by Gasteiger charge is 2.27. The van der Waals surface area contributed by atoms with Crippen molar-refractivity contribution in [3.63, 3.8) is 0 Å². The highest BCUT2D eigenvalue weighted by molar-refractivity contribution is 5.79. The maximum atomic E-state index is 11.8. The quantitative estimate of drug-likeness (QED) is 0.720. The van der Waals surface area contributed by atoms with E-state index < -0.39 is 0 Å². The highest BCUT2D eigenvalue weighted by atomic mass is 16.1. The molecule has 0 aromatic heterocycles. The van der Waals surface area contributed by atoms with Crippen LogP contribution < -0.4 is 5.32 Å². The molecule has 0 aromatic carbocycles. The van der Waals surface area contributed by atoms with E-state index in [0.717, 1.165) is 18.8 Å². The van der Waals surface area contributed by atoms with Crippen LogP contribution in [0.1, 0.15) is 51.9 Å². The van der Waals surface area contributed by atoms with Crippen molar-refractivity contribution in [3.8, 4) is 0 Å². The van der Waals surface area contributed by atoms with Crippen molar-refractivity contribution in [3.05, 3.63) is 0 Å². The Labute approximate surface area is 86.5 Å². The van der Waals surface area contributed by atoms with E-state index in [0.29, 0.717) is 17.9 Å². The molecule has 0 unspecified atom stereocenters. The van der Waals surface area contributed by atoms with E-state index >= 15 is 0 Å². The van der Waals surface area contributed by atoms with Crippen LogP contribution in [0.25, 0.3) is 0 Å². The van der Waals surface area contributed by atoms with Crippen molar-refractivity contribution in [2.24, 2.45) is 11.8 Å². The number of amides is 1. The Morgan fingerprint density at radius 1 is 1.07 bits per heavy atom. The monoisotopic (exact) mass is 195 g/mol. The number of hydrogen-bond donors (Lipinski definition) is 1. The van der Waals surface area contributed by atoms with Gasteiger partial charge in [-0.1, -0.05) is 6.92 Å². The summed E-state index contributed by atoms with van der Waals surface area (Å²) in [5, 5.41) is 3.16. The van der Waals surface area contributed by atoms with Crippen LogP contribution >= 0.6 is 0 Å². The summed E-state index contributed by atoms with van der Waals surface area (Å²) >= 11 is 0. The molecule has 0 aromatic rings. The number of rotatable bonds is 2. The Morgan fingerprint density at radius 3 is 2.21 bits per heavy atom. The average molecular weight is 195 g/mol. The number of carbonyl (C=O) groups excluding carboxylic acids is 1. The third kappa shape index (κ3) is 2.28. The van der Waals surface area contributed by atoms with E-state index in [4.69, 9.17) is 0 Å². The number of carbonyl (C=O) groups is 1. The van der Waals surface area contributed by atoms with Gasteiger partial charge in [-0.2, -0.15) is 0 Å². The summed E-state index contributed by atoms with van der Waals surface area (Å²) in [5.74, 6) is 1.50. The number of hydrogen-bond acceptors (Lipinski definition) is 1. The van der Waals surface area contributed by atoms with Crippen molar-refractivity contribution < 1.29 is 4.79 Å². The second kappa shape index (κ2) is 4.33. The van der Waals surface area contributed by atoms with Gasteiger partial charge in [-0.25, -0.2) is 0 Å². The summed E-state index contributed by atoms with van der Waals surface area (Å²) < 4.78 is 0. The summed E-state index contributed by atoms with van der Waals surface area (Å²) in [5.41, 5.74) is 0. The molecule has 2 saturated carbocycles. The molecular weight excluding hydrogens is 174 g/mol. The van der Waals surface area contributed by atoms with Crippen molar-refractivity contribution in [1.29, 1.82) is 0 Å². The van der Waals surface area contributed by atoms with Crippen LogP contribution in [0.4, 0.5) is 0 Å². The van der Waals surface area contributed by atoms with Crippen molar-refractivity contribution in [2.45, 2.75) is 57.9 Å². The molecule has 14 heavy (non-hydrogen) atoms. The Morgan fingerprint density at radius 2 is 1.71 bits per heavy atom. The van der Waals surface area contributed by atoms with E-state index in [1.807, 2.05) is 0 Å². The van der Waals surface area contributed by atoms with Crippen LogP contribution in [0.2, 0.25) is 0 Å². The van der Waals surface area contributed by atoms with Gasteiger partial charge < -0.3 is 5.32 Å². The first-order valence-electron chi connectivity index (χ1n) is 6.06. The molecular formula is C12H21NO. The van der Waals surface area contributed by atoms with Gasteiger partial charge in [-0.05, 0) is 50.9 Å². The molecule has 1 amide bonds. The van der Waals surface area contributed by atoms with Gasteiger partial charge in [0.25, 0.3) is 0 Å². The van der Waals surface area contributed by atoms with Gasteiger partial charge in [0.1, 0.15) is 0 Å². The van der Waals surface area contributed by atoms with E-state index in [9.17, 15) is 4.79 Å². The maximum Gasteiger partial charge on any atom is 0.223 e. The highest BCUT2D eigenvalue weighted by Crippen LogP contribution is 2.29. The van der Waals surface area contributed by atoms with Crippen LogP contribution in [0.3, 0.4) is 0 Å². The Bertz CT molecular complexity index is 202. The van der Waals surface area contributed by atoms with Crippen molar-refractivity contribution in [1.82, 2.24) is 5.32 Å². The number of nitrogens with one attached hydrogen (secondary N) is 1. The predicted molar refractivity (Wildman–Crippen MR) is 56.9 cm³/mol. The van der Waals surface area contributed by atoms with Crippen LogP contribution in [0, 0.1) is 11.8 Å². The normalized spacial score (nSPS) is 33.5. The van der Waals surface area contributed by atoms with Gasteiger partial charge in [-0.3, -0.25) is 4.79 Å². The molecule has 2 fully saturated rings. The van der Waals surface area contributed by atoms with E-state index in [-0.39, 0.29) is 0 Å². The standard InChI is InChI=1S/C12H21NO/c1-9-5-7-10(8-6-9)12(14)13-11-3-2-4-11/h9-11H,2-8H2,1H3,(H,13,14). The molecule has 0 heterocycles. The van der Waals surface area contributed by atoms with E-state index in [1.165, 1.54) is 32.1 Å². The summed E-state index contributed by atoms with van der Waals surface area (Å²) in [4.78, 5) is 11.8. The smallest absolute Gasteiger partial charge is 0.223 e. The Balaban J connectivity index is 1.74. The zero-order valence-electron chi connectivity index (χ0n) is 9.09. The molecule has 0 spiro atoms. The third-order valence-corrected chi connectivity index (χ3v) is 3.84. The fraction of sp³-hybridized carbons (Fsp3) is 0.917. The topological polar surface area (TPSA) is 29.1 Å². The molecule has 2 nitrogen and oxygen atoms in total. The fourth-order valence-corrected chi connectivity index (χ4v) is 2.39. The minimum Gasteiger partial charge on any atom is -0.353 e. The first-order valence-corrected chi connectivity index (χ1v) is 6.06. The minimum atomic E-state index is 0.326. The zero-order chi connectivity index (χ0) is 9.97. The molecule has 2 heteroatoms. The minimum absolute atomic E-state index is 0.326.